The van der Waals surface area contributed by atoms with Crippen molar-refractivity contribution < 1.29 is 18.0 Å². The van der Waals surface area contributed by atoms with Crippen LogP contribution in [0.25, 0.3) is 0 Å². The van der Waals surface area contributed by atoms with E-state index in [1.807, 2.05) is 31.2 Å². The zero-order valence-corrected chi connectivity index (χ0v) is 19.0. The van der Waals surface area contributed by atoms with Gasteiger partial charge in [-0.05, 0) is 62.4 Å². The Kier molecular flexibility index (Phi) is 5.68. The maximum atomic E-state index is 13.5. The minimum absolute atomic E-state index is 0.0426. The van der Waals surface area contributed by atoms with E-state index < -0.39 is 15.6 Å². The van der Waals surface area contributed by atoms with Crippen LogP contribution in [-0.2, 0) is 14.6 Å². The summed E-state index contributed by atoms with van der Waals surface area (Å²) in [6.45, 7) is 2.01. The molecule has 0 radical (unpaired) electrons. The molecule has 156 valence electrons. The highest BCUT2D eigenvalue weighted by atomic mass is 35.5. The third-order valence-electron chi connectivity index (χ3n) is 5.72. The van der Waals surface area contributed by atoms with Gasteiger partial charge in [0.15, 0.2) is 21.4 Å². The van der Waals surface area contributed by atoms with Gasteiger partial charge in [-0.3, -0.25) is 9.59 Å². The lowest BCUT2D eigenvalue weighted by Gasteiger charge is -2.25. The molecule has 1 saturated carbocycles. The molecule has 0 spiro atoms. The van der Waals surface area contributed by atoms with Crippen molar-refractivity contribution in [2.75, 3.05) is 6.26 Å². The van der Waals surface area contributed by atoms with Crippen molar-refractivity contribution in [1.82, 2.24) is 0 Å². The highest BCUT2D eigenvalue weighted by Crippen LogP contribution is 2.50. The molecule has 2 unspecified atom stereocenters. The average molecular weight is 461 g/mol. The first-order chi connectivity index (χ1) is 14.1. The lowest BCUT2D eigenvalue weighted by atomic mass is 9.84. The summed E-state index contributed by atoms with van der Waals surface area (Å²) in [4.78, 5) is 28.5. The molecule has 2 bridgehead atoms. The van der Waals surface area contributed by atoms with E-state index in [0.29, 0.717) is 0 Å². The fraction of sp³-hybridized carbons (Fsp3) is 0.304. The van der Waals surface area contributed by atoms with Gasteiger partial charge in [0.2, 0.25) is 0 Å². The van der Waals surface area contributed by atoms with Crippen molar-refractivity contribution >= 4 is 44.8 Å². The molecule has 7 heteroatoms. The largest absolute Gasteiger partial charge is 0.294 e. The molecule has 2 aliphatic carbocycles. The molecule has 2 aromatic carbocycles. The number of carbonyl (C=O) groups is 2. The zero-order valence-electron chi connectivity index (χ0n) is 16.6. The number of aryl methyl sites for hydroxylation is 1. The molecule has 4 nitrogen and oxygen atoms in total. The number of halogens is 1. The maximum absolute atomic E-state index is 13.5. The van der Waals surface area contributed by atoms with Crippen LogP contribution in [0.5, 0.6) is 0 Å². The molecule has 0 N–H and O–H groups in total. The fourth-order valence-corrected chi connectivity index (χ4v) is 6.50. The topological polar surface area (TPSA) is 68.3 Å². The second kappa shape index (κ2) is 7.98. The van der Waals surface area contributed by atoms with Gasteiger partial charge in [0.25, 0.3) is 0 Å². The zero-order chi connectivity index (χ0) is 21.6. The minimum Gasteiger partial charge on any atom is -0.294 e. The van der Waals surface area contributed by atoms with E-state index in [4.69, 9.17) is 11.6 Å². The van der Waals surface area contributed by atoms with E-state index in [9.17, 15) is 18.0 Å². The lowest BCUT2D eigenvalue weighted by molar-refractivity contribution is -0.119. The molecule has 30 heavy (non-hydrogen) atoms. The van der Waals surface area contributed by atoms with Crippen molar-refractivity contribution in [3.8, 4) is 0 Å². The molecule has 2 aliphatic rings. The van der Waals surface area contributed by atoms with E-state index >= 15 is 0 Å². The van der Waals surface area contributed by atoms with Gasteiger partial charge >= 0.3 is 0 Å². The van der Waals surface area contributed by atoms with Crippen molar-refractivity contribution in [2.24, 2.45) is 11.8 Å². The van der Waals surface area contributed by atoms with Crippen LogP contribution in [0, 0.1) is 18.8 Å². The summed E-state index contributed by atoms with van der Waals surface area (Å²) in [5.41, 5.74) is 1.49. The van der Waals surface area contributed by atoms with Crippen LogP contribution in [0.15, 0.2) is 62.7 Å². The average Bonchev–Trinajstić information content (AvgIpc) is 3.12. The first-order valence-electron chi connectivity index (χ1n) is 9.72. The number of Topliss-reactive ketones (excluding diaryl/α,β-unsaturated/α-hetero) is 2. The standard InChI is InChI=1S/C23H21ClO4S2/c1-13-4-3-5-16(10-13)29-23-15-7-6-14(11-15)21(25)20(23)22(26)18-9-8-17(12-19(18)24)30(2,27)28/h3-5,8-10,12,14-15H,6-7,11H2,1-2H3. The second-order valence-corrected chi connectivity index (χ2v) is 11.5. The number of rotatable bonds is 5. The maximum Gasteiger partial charge on any atom is 0.198 e. The lowest BCUT2D eigenvalue weighted by Crippen LogP contribution is -2.26. The van der Waals surface area contributed by atoms with Crippen LogP contribution in [0.1, 0.15) is 35.2 Å². The second-order valence-electron chi connectivity index (χ2n) is 7.97. The predicted octanol–water partition coefficient (Wildman–Crippen LogP) is 5.28. The number of ketones is 2. The van der Waals surface area contributed by atoms with Crippen LogP contribution < -0.4 is 0 Å². The first kappa shape index (κ1) is 21.3. The van der Waals surface area contributed by atoms with Crippen molar-refractivity contribution in [3.63, 3.8) is 0 Å². The van der Waals surface area contributed by atoms with Gasteiger partial charge in [0.05, 0.1) is 15.5 Å². The van der Waals surface area contributed by atoms with Crippen molar-refractivity contribution in [3.05, 3.63) is 69.1 Å². The highest BCUT2D eigenvalue weighted by molar-refractivity contribution is 8.03. The van der Waals surface area contributed by atoms with Gasteiger partial charge in [0.1, 0.15) is 0 Å². The van der Waals surface area contributed by atoms with Crippen molar-refractivity contribution in [2.45, 2.75) is 36.0 Å². The quantitative estimate of drug-likeness (QED) is 0.448. The molecular weight excluding hydrogens is 440 g/mol. The van der Waals surface area contributed by atoms with Gasteiger partial charge in [-0.25, -0.2) is 8.42 Å². The first-order valence-corrected chi connectivity index (χ1v) is 12.8. The van der Waals surface area contributed by atoms with E-state index in [-0.39, 0.29) is 38.7 Å². The van der Waals surface area contributed by atoms with Gasteiger partial charge < -0.3 is 0 Å². The van der Waals surface area contributed by atoms with Crippen molar-refractivity contribution in [1.29, 1.82) is 0 Å². The van der Waals surface area contributed by atoms with Crippen LogP contribution in [-0.4, -0.2) is 26.2 Å². The fourth-order valence-electron chi connectivity index (χ4n) is 4.20. The number of benzene rings is 2. The van der Waals surface area contributed by atoms with E-state index in [1.165, 1.54) is 30.0 Å². The number of allylic oxidation sites excluding steroid dienone is 2. The molecule has 2 aromatic rings. The summed E-state index contributed by atoms with van der Waals surface area (Å²) in [5, 5.41) is 0.0426. The summed E-state index contributed by atoms with van der Waals surface area (Å²) >= 11 is 7.77. The Labute approximate surface area is 185 Å². The smallest absolute Gasteiger partial charge is 0.198 e. The minimum atomic E-state index is -3.45. The summed E-state index contributed by atoms with van der Waals surface area (Å²) in [6.07, 6.45) is 3.55. The monoisotopic (exact) mass is 460 g/mol. The van der Waals surface area contributed by atoms with E-state index in [2.05, 4.69) is 0 Å². The van der Waals surface area contributed by atoms with Gasteiger partial charge in [-0.2, -0.15) is 0 Å². The normalized spacial score (nSPS) is 21.2. The summed E-state index contributed by atoms with van der Waals surface area (Å²) in [5.74, 6) is -0.472. The Morgan fingerprint density at radius 3 is 2.50 bits per heavy atom. The molecule has 0 aromatic heterocycles. The number of sulfone groups is 1. The highest BCUT2D eigenvalue weighted by Gasteiger charge is 2.43. The number of carbonyl (C=O) groups excluding carboxylic acids is 2. The predicted molar refractivity (Wildman–Crippen MR) is 119 cm³/mol. The molecule has 0 aliphatic heterocycles. The van der Waals surface area contributed by atoms with Gasteiger partial charge in [-0.15, -0.1) is 0 Å². The Hall–Kier alpha value is -1.89. The van der Waals surface area contributed by atoms with E-state index in [0.717, 1.165) is 40.9 Å². The Morgan fingerprint density at radius 2 is 1.83 bits per heavy atom. The molecule has 4 rings (SSSR count). The molecule has 0 amide bonds. The summed E-state index contributed by atoms with van der Waals surface area (Å²) < 4.78 is 23.6. The van der Waals surface area contributed by atoms with Gasteiger partial charge in [-0.1, -0.05) is 41.1 Å². The molecule has 0 saturated heterocycles. The third-order valence-corrected chi connectivity index (χ3v) is 8.39. The SMILES string of the molecule is Cc1cccc(SC2=C(C(=O)c3ccc(S(C)(=O)=O)cc3Cl)C(=O)C3CCC2C3)c1. The third kappa shape index (κ3) is 4.01. The van der Waals surface area contributed by atoms with Crippen LogP contribution in [0.4, 0.5) is 0 Å². The number of thioether (sulfide) groups is 1. The van der Waals surface area contributed by atoms with Crippen LogP contribution in [0.3, 0.4) is 0 Å². The summed E-state index contributed by atoms with van der Waals surface area (Å²) in [6, 6.07) is 12.0. The molecule has 2 atom stereocenters. The van der Waals surface area contributed by atoms with E-state index in [1.54, 1.807) is 0 Å². The van der Waals surface area contributed by atoms with Gasteiger partial charge in [0, 0.05) is 27.5 Å². The number of hydrogen-bond donors (Lipinski definition) is 0. The molecule has 1 fully saturated rings. The van der Waals surface area contributed by atoms with Crippen LogP contribution >= 0.6 is 23.4 Å². The number of hydrogen-bond acceptors (Lipinski definition) is 5. The Balaban J connectivity index is 1.80. The molecule has 0 heterocycles. The Bertz CT molecular complexity index is 1200. The van der Waals surface area contributed by atoms with Crippen LogP contribution in [0.2, 0.25) is 5.02 Å². The number of fused-ring (bicyclic) bond motifs is 2. The Morgan fingerprint density at radius 1 is 1.10 bits per heavy atom. The summed E-state index contributed by atoms with van der Waals surface area (Å²) in [7, 11) is -3.45. The molecular formula is C23H21ClO4S2.